The summed E-state index contributed by atoms with van der Waals surface area (Å²) < 4.78 is 45.1. The lowest BCUT2D eigenvalue weighted by Gasteiger charge is -2.26. The van der Waals surface area contributed by atoms with Crippen LogP contribution in [0.5, 0.6) is 5.75 Å². The van der Waals surface area contributed by atoms with Crippen LogP contribution in [0.15, 0.2) is 36.4 Å². The van der Waals surface area contributed by atoms with Crippen LogP contribution in [0.3, 0.4) is 0 Å². The summed E-state index contributed by atoms with van der Waals surface area (Å²) in [5.74, 6) is -3.71. The number of halogens is 3. The standard InChI is InChI=1S/C16H13F3N2O2/c17-10-5-6-12(15(19)14(10)18)21-16(22)20-11-7-8-23-13-4-2-1-3-9(11)13/h1-6,11H,7-8H2,(H2,20,21,22). The number of hydrogen-bond acceptors (Lipinski definition) is 2. The summed E-state index contributed by atoms with van der Waals surface area (Å²) in [6.07, 6.45) is 0.546. The number of carbonyl (C=O) groups is 1. The van der Waals surface area contributed by atoms with Gasteiger partial charge in [0.05, 0.1) is 18.3 Å². The molecule has 0 saturated carbocycles. The predicted octanol–water partition coefficient (Wildman–Crippen LogP) is 3.75. The second-order valence-corrected chi connectivity index (χ2v) is 5.05. The lowest BCUT2D eigenvalue weighted by Crippen LogP contribution is -2.35. The van der Waals surface area contributed by atoms with Crippen molar-refractivity contribution in [2.45, 2.75) is 12.5 Å². The van der Waals surface area contributed by atoms with Crippen LogP contribution in [0.2, 0.25) is 0 Å². The molecule has 1 atom stereocenters. The third-order valence-corrected chi connectivity index (χ3v) is 3.55. The maximum atomic E-state index is 13.6. The van der Waals surface area contributed by atoms with Gasteiger partial charge < -0.3 is 15.4 Å². The highest BCUT2D eigenvalue weighted by atomic mass is 19.2. The Kier molecular flexibility index (Phi) is 4.10. The van der Waals surface area contributed by atoms with Crippen LogP contribution in [0.4, 0.5) is 23.7 Å². The number of hydrogen-bond donors (Lipinski definition) is 2. The number of rotatable bonds is 2. The average molecular weight is 322 g/mol. The number of fused-ring (bicyclic) bond motifs is 1. The Morgan fingerprint density at radius 1 is 1.09 bits per heavy atom. The first kappa shape index (κ1) is 15.2. The molecule has 2 aromatic carbocycles. The topological polar surface area (TPSA) is 50.4 Å². The Labute approximate surface area is 130 Å². The molecule has 0 spiro atoms. The van der Waals surface area contributed by atoms with Crippen molar-refractivity contribution in [2.24, 2.45) is 0 Å². The molecule has 23 heavy (non-hydrogen) atoms. The molecule has 0 saturated heterocycles. The molecule has 0 fully saturated rings. The molecular formula is C16H13F3N2O2. The summed E-state index contributed by atoms with van der Waals surface area (Å²) in [6, 6.07) is 7.92. The molecule has 0 aliphatic carbocycles. The fraction of sp³-hybridized carbons (Fsp3) is 0.188. The summed E-state index contributed by atoms with van der Waals surface area (Å²) in [7, 11) is 0. The van der Waals surface area contributed by atoms with E-state index in [-0.39, 0.29) is 6.04 Å². The van der Waals surface area contributed by atoms with Crippen molar-refractivity contribution in [2.75, 3.05) is 11.9 Å². The highest BCUT2D eigenvalue weighted by Gasteiger charge is 2.23. The minimum absolute atomic E-state index is 0.312. The van der Waals surface area contributed by atoms with Crippen LogP contribution in [0.1, 0.15) is 18.0 Å². The largest absolute Gasteiger partial charge is 0.493 e. The van der Waals surface area contributed by atoms with E-state index in [1.165, 1.54) is 0 Å². The van der Waals surface area contributed by atoms with Crippen molar-refractivity contribution < 1.29 is 22.7 Å². The molecule has 2 amide bonds. The molecule has 7 heteroatoms. The molecule has 1 aliphatic rings. The van der Waals surface area contributed by atoms with Crippen LogP contribution in [-0.2, 0) is 0 Å². The Morgan fingerprint density at radius 2 is 1.87 bits per heavy atom. The number of benzene rings is 2. The van der Waals surface area contributed by atoms with Crippen LogP contribution >= 0.6 is 0 Å². The number of para-hydroxylation sites is 1. The van der Waals surface area contributed by atoms with Crippen LogP contribution in [0.25, 0.3) is 0 Å². The predicted molar refractivity (Wildman–Crippen MR) is 77.8 cm³/mol. The van der Waals surface area contributed by atoms with E-state index >= 15 is 0 Å². The minimum Gasteiger partial charge on any atom is -0.493 e. The van der Waals surface area contributed by atoms with Gasteiger partial charge in [-0.2, -0.15) is 0 Å². The van der Waals surface area contributed by atoms with E-state index in [4.69, 9.17) is 4.74 Å². The summed E-state index contributed by atoms with van der Waals surface area (Å²) >= 11 is 0. The van der Waals surface area contributed by atoms with Crippen molar-refractivity contribution in [1.82, 2.24) is 5.32 Å². The summed E-state index contributed by atoms with van der Waals surface area (Å²) in [4.78, 5) is 12.0. The van der Waals surface area contributed by atoms with Crippen LogP contribution in [-0.4, -0.2) is 12.6 Å². The molecule has 2 aromatic rings. The van der Waals surface area contributed by atoms with Gasteiger partial charge in [0.1, 0.15) is 5.75 Å². The van der Waals surface area contributed by atoms with Gasteiger partial charge in [-0.25, -0.2) is 18.0 Å². The molecule has 0 bridgehead atoms. The fourth-order valence-corrected chi connectivity index (χ4v) is 2.43. The zero-order chi connectivity index (χ0) is 16.4. The average Bonchev–Trinajstić information content (AvgIpc) is 2.56. The van der Waals surface area contributed by atoms with Crippen LogP contribution < -0.4 is 15.4 Å². The molecule has 1 heterocycles. The lowest BCUT2D eigenvalue weighted by atomic mass is 10.0. The van der Waals surface area contributed by atoms with Gasteiger partial charge in [0, 0.05) is 12.0 Å². The number of urea groups is 1. The van der Waals surface area contributed by atoms with E-state index in [1.807, 2.05) is 18.2 Å². The van der Waals surface area contributed by atoms with E-state index in [1.54, 1.807) is 6.07 Å². The van der Waals surface area contributed by atoms with Gasteiger partial charge in [-0.15, -0.1) is 0 Å². The number of anilines is 1. The highest BCUT2D eigenvalue weighted by Crippen LogP contribution is 2.31. The zero-order valence-corrected chi connectivity index (χ0v) is 11.9. The molecule has 3 rings (SSSR count). The highest BCUT2D eigenvalue weighted by molar-refractivity contribution is 5.89. The van der Waals surface area contributed by atoms with E-state index in [0.29, 0.717) is 18.8 Å². The normalized spacial score (nSPS) is 16.2. The molecular weight excluding hydrogens is 309 g/mol. The van der Waals surface area contributed by atoms with E-state index in [9.17, 15) is 18.0 Å². The SMILES string of the molecule is O=C(Nc1ccc(F)c(F)c1F)NC1CCOc2ccccc21. The van der Waals surface area contributed by atoms with Crippen molar-refractivity contribution in [1.29, 1.82) is 0 Å². The van der Waals surface area contributed by atoms with E-state index in [0.717, 1.165) is 17.7 Å². The van der Waals surface area contributed by atoms with Gasteiger partial charge >= 0.3 is 6.03 Å². The van der Waals surface area contributed by atoms with Gasteiger partial charge in [-0.05, 0) is 18.2 Å². The van der Waals surface area contributed by atoms with Gasteiger partial charge in [0.25, 0.3) is 0 Å². The van der Waals surface area contributed by atoms with Gasteiger partial charge in [0.15, 0.2) is 17.5 Å². The minimum atomic E-state index is -1.63. The van der Waals surface area contributed by atoms with Crippen LogP contribution in [0, 0.1) is 17.5 Å². The lowest BCUT2D eigenvalue weighted by molar-refractivity contribution is 0.232. The second kappa shape index (κ2) is 6.20. The number of carbonyl (C=O) groups excluding carboxylic acids is 1. The monoisotopic (exact) mass is 322 g/mol. The Balaban J connectivity index is 1.73. The van der Waals surface area contributed by atoms with E-state index < -0.39 is 29.2 Å². The number of nitrogens with one attached hydrogen (secondary N) is 2. The number of ether oxygens (including phenoxy) is 1. The Hall–Kier alpha value is -2.70. The first-order valence-corrected chi connectivity index (χ1v) is 6.99. The third-order valence-electron chi connectivity index (χ3n) is 3.55. The smallest absolute Gasteiger partial charge is 0.319 e. The van der Waals surface area contributed by atoms with Crippen molar-refractivity contribution >= 4 is 11.7 Å². The molecule has 1 unspecified atom stereocenters. The summed E-state index contributed by atoms with van der Waals surface area (Å²) in [5, 5.41) is 4.86. The molecule has 0 aromatic heterocycles. The van der Waals surface area contributed by atoms with Gasteiger partial charge in [0.2, 0.25) is 0 Å². The summed E-state index contributed by atoms with van der Waals surface area (Å²) in [5.41, 5.74) is 0.376. The fourth-order valence-electron chi connectivity index (χ4n) is 2.43. The molecule has 0 radical (unpaired) electrons. The van der Waals surface area contributed by atoms with Crippen molar-refractivity contribution in [3.63, 3.8) is 0 Å². The first-order valence-electron chi connectivity index (χ1n) is 6.99. The molecule has 2 N–H and O–H groups in total. The molecule has 1 aliphatic heterocycles. The van der Waals surface area contributed by atoms with Crippen molar-refractivity contribution in [3.05, 3.63) is 59.4 Å². The molecule has 4 nitrogen and oxygen atoms in total. The van der Waals surface area contributed by atoms with Gasteiger partial charge in [-0.3, -0.25) is 0 Å². The first-order chi connectivity index (χ1) is 11.1. The van der Waals surface area contributed by atoms with Crippen molar-refractivity contribution in [3.8, 4) is 5.75 Å². The Morgan fingerprint density at radius 3 is 2.70 bits per heavy atom. The third kappa shape index (κ3) is 3.08. The maximum absolute atomic E-state index is 13.6. The summed E-state index contributed by atoms with van der Waals surface area (Å²) in [6.45, 7) is 0.432. The van der Waals surface area contributed by atoms with E-state index in [2.05, 4.69) is 10.6 Å². The number of amides is 2. The quantitative estimate of drug-likeness (QED) is 0.827. The van der Waals surface area contributed by atoms with Gasteiger partial charge in [-0.1, -0.05) is 18.2 Å². The maximum Gasteiger partial charge on any atom is 0.319 e. The molecule has 120 valence electrons. The Bertz CT molecular complexity index is 752. The second-order valence-electron chi connectivity index (χ2n) is 5.05. The zero-order valence-electron chi connectivity index (χ0n) is 11.9.